The van der Waals surface area contributed by atoms with E-state index in [2.05, 4.69) is 20.9 Å². The predicted octanol–water partition coefficient (Wildman–Crippen LogP) is 2.60. The lowest BCUT2D eigenvalue weighted by Gasteiger charge is -1.98. The largest absolute Gasteiger partial charge is 0.477 e. The van der Waals surface area contributed by atoms with Crippen LogP contribution < -0.4 is 0 Å². The summed E-state index contributed by atoms with van der Waals surface area (Å²) >= 11 is 3.39. The summed E-state index contributed by atoms with van der Waals surface area (Å²) in [6, 6.07) is 5.64. The van der Waals surface area contributed by atoms with Gasteiger partial charge in [-0.15, -0.1) is 0 Å². The van der Waals surface area contributed by atoms with Crippen molar-refractivity contribution < 1.29 is 9.90 Å². The molecule has 0 aliphatic rings. The molecule has 0 aliphatic heterocycles. The van der Waals surface area contributed by atoms with E-state index >= 15 is 0 Å². The molecule has 0 saturated heterocycles. The van der Waals surface area contributed by atoms with Gasteiger partial charge >= 0.3 is 5.97 Å². The second kappa shape index (κ2) is 3.58. The quantitative estimate of drug-likeness (QED) is 0.752. The first kappa shape index (κ1) is 11.3. The molecule has 0 fully saturated rings. The molecule has 1 N–H and O–H groups in total. The molecular weight excluding hydrogens is 298 g/mol. The summed E-state index contributed by atoms with van der Waals surface area (Å²) < 4.78 is 4.37. The van der Waals surface area contributed by atoms with Gasteiger partial charge in [0.1, 0.15) is 0 Å². The number of carboxylic acid groups (broad SMARTS) is 1. The Morgan fingerprint density at radius 1 is 1.44 bits per heavy atom. The second-order valence-electron chi connectivity index (χ2n) is 4.18. The number of carboxylic acids is 1. The molecule has 0 unspecified atom stereocenters. The van der Waals surface area contributed by atoms with Gasteiger partial charge in [-0.2, -0.15) is 0 Å². The van der Waals surface area contributed by atoms with Crippen molar-refractivity contribution in [2.24, 2.45) is 7.05 Å². The number of hydrogen-bond acceptors (Lipinski definition) is 2. The van der Waals surface area contributed by atoms with E-state index in [9.17, 15) is 9.90 Å². The minimum atomic E-state index is -0.947. The first-order valence-corrected chi connectivity index (χ1v) is 6.16. The van der Waals surface area contributed by atoms with Crippen LogP contribution in [-0.4, -0.2) is 25.0 Å². The molecule has 0 saturated carbocycles. The summed E-state index contributed by atoms with van der Waals surface area (Å²) in [5.74, 6) is -0.310. The van der Waals surface area contributed by atoms with Crippen LogP contribution in [0, 0.1) is 6.92 Å². The van der Waals surface area contributed by atoms with E-state index in [4.69, 9.17) is 0 Å². The minimum absolute atomic E-state index is 0.258. The molecule has 5 nitrogen and oxygen atoms in total. The molecule has 0 spiro atoms. The first-order valence-electron chi connectivity index (χ1n) is 5.37. The molecule has 3 aromatic rings. The van der Waals surface area contributed by atoms with Gasteiger partial charge < -0.3 is 9.67 Å². The van der Waals surface area contributed by atoms with Crippen molar-refractivity contribution >= 4 is 38.7 Å². The fourth-order valence-corrected chi connectivity index (χ4v) is 2.55. The molecule has 0 radical (unpaired) electrons. The lowest BCUT2D eigenvalue weighted by atomic mass is 10.3. The molecule has 18 heavy (non-hydrogen) atoms. The zero-order valence-electron chi connectivity index (χ0n) is 9.81. The average molecular weight is 308 g/mol. The Morgan fingerprint density at radius 3 is 2.83 bits per heavy atom. The Labute approximate surface area is 111 Å². The van der Waals surface area contributed by atoms with Crippen molar-refractivity contribution in [2.45, 2.75) is 6.92 Å². The molecule has 0 aliphatic carbocycles. The zero-order valence-corrected chi connectivity index (χ0v) is 11.4. The highest BCUT2D eigenvalue weighted by Gasteiger charge is 2.21. The smallest absolute Gasteiger partial charge is 0.354 e. The highest BCUT2D eigenvalue weighted by atomic mass is 79.9. The molecule has 92 valence electrons. The molecule has 0 atom stereocenters. The van der Waals surface area contributed by atoms with Gasteiger partial charge in [0.15, 0.2) is 5.69 Å². The molecular formula is C12H10BrN3O2. The van der Waals surface area contributed by atoms with Crippen molar-refractivity contribution in [3.63, 3.8) is 0 Å². The number of aromatic nitrogens is 3. The van der Waals surface area contributed by atoms with Gasteiger partial charge in [0, 0.05) is 17.2 Å². The van der Waals surface area contributed by atoms with Gasteiger partial charge in [-0.1, -0.05) is 15.9 Å². The van der Waals surface area contributed by atoms with Gasteiger partial charge in [-0.05, 0) is 25.1 Å². The van der Waals surface area contributed by atoms with Gasteiger partial charge in [0.05, 0.1) is 11.0 Å². The van der Waals surface area contributed by atoms with Crippen LogP contribution in [0.4, 0.5) is 0 Å². The molecule has 2 heterocycles. The van der Waals surface area contributed by atoms with Crippen LogP contribution in [0.5, 0.6) is 0 Å². The topological polar surface area (TPSA) is 59.5 Å². The van der Waals surface area contributed by atoms with Gasteiger partial charge in [-0.3, -0.25) is 4.40 Å². The summed E-state index contributed by atoms with van der Waals surface area (Å²) in [6.45, 7) is 1.78. The van der Waals surface area contributed by atoms with E-state index in [0.29, 0.717) is 11.5 Å². The third-order valence-corrected chi connectivity index (χ3v) is 3.66. The van der Waals surface area contributed by atoms with Crippen LogP contribution in [0.3, 0.4) is 0 Å². The van der Waals surface area contributed by atoms with Crippen molar-refractivity contribution in [3.05, 3.63) is 34.1 Å². The van der Waals surface area contributed by atoms with E-state index < -0.39 is 5.97 Å². The summed E-state index contributed by atoms with van der Waals surface area (Å²) in [6.07, 6.45) is 0. The van der Waals surface area contributed by atoms with Crippen LogP contribution in [0.25, 0.3) is 16.8 Å². The van der Waals surface area contributed by atoms with E-state index in [1.165, 1.54) is 0 Å². The van der Waals surface area contributed by atoms with E-state index in [0.717, 1.165) is 15.5 Å². The fourth-order valence-electron chi connectivity index (χ4n) is 2.20. The maximum Gasteiger partial charge on any atom is 0.354 e. The number of nitrogens with zero attached hydrogens (tertiary/aromatic N) is 3. The Morgan fingerprint density at radius 2 is 2.17 bits per heavy atom. The summed E-state index contributed by atoms with van der Waals surface area (Å²) in [5.41, 5.74) is 2.52. The number of fused-ring (bicyclic) bond motifs is 3. The predicted molar refractivity (Wildman–Crippen MR) is 71.1 cm³/mol. The van der Waals surface area contributed by atoms with Gasteiger partial charge in [0.25, 0.3) is 0 Å². The average Bonchev–Trinajstić information content (AvgIpc) is 2.77. The highest BCUT2D eigenvalue weighted by Crippen LogP contribution is 2.25. The molecule has 1 aromatic carbocycles. The van der Waals surface area contributed by atoms with Crippen molar-refractivity contribution in [1.82, 2.24) is 14.0 Å². The Bertz CT molecular complexity index is 801. The standard InChI is InChI=1S/C12H10BrN3O2/c1-6-10(11(17)18)16-9-5-7(13)3-4-8(9)14-12(16)15(6)2/h3-5H,1-2H3,(H,17,18). The Hall–Kier alpha value is -1.82. The van der Waals surface area contributed by atoms with E-state index in [-0.39, 0.29) is 5.69 Å². The number of rotatable bonds is 1. The van der Waals surface area contributed by atoms with Gasteiger partial charge in [-0.25, -0.2) is 9.78 Å². The molecule has 0 amide bonds. The third-order valence-electron chi connectivity index (χ3n) is 3.17. The van der Waals surface area contributed by atoms with Crippen molar-refractivity contribution in [1.29, 1.82) is 0 Å². The summed E-state index contributed by atoms with van der Waals surface area (Å²) in [5, 5.41) is 9.35. The maximum absolute atomic E-state index is 11.4. The van der Waals surface area contributed by atoms with E-state index in [1.807, 2.05) is 25.2 Å². The van der Waals surface area contributed by atoms with Crippen molar-refractivity contribution in [3.8, 4) is 0 Å². The molecule has 6 heteroatoms. The SMILES string of the molecule is Cc1c(C(=O)O)n2c3cc(Br)ccc3nc2n1C. The van der Waals surface area contributed by atoms with Crippen molar-refractivity contribution in [2.75, 3.05) is 0 Å². The summed E-state index contributed by atoms with van der Waals surface area (Å²) in [4.78, 5) is 15.9. The number of imidazole rings is 2. The first-order chi connectivity index (χ1) is 8.50. The lowest BCUT2D eigenvalue weighted by Crippen LogP contribution is -2.03. The van der Waals surface area contributed by atoms with Gasteiger partial charge in [0.2, 0.25) is 5.78 Å². The lowest BCUT2D eigenvalue weighted by molar-refractivity contribution is 0.0688. The highest BCUT2D eigenvalue weighted by molar-refractivity contribution is 9.10. The monoisotopic (exact) mass is 307 g/mol. The number of benzene rings is 1. The van der Waals surface area contributed by atoms with Crippen LogP contribution in [0.15, 0.2) is 22.7 Å². The number of aryl methyl sites for hydroxylation is 1. The zero-order chi connectivity index (χ0) is 13.0. The number of hydrogen-bond donors (Lipinski definition) is 1. The van der Waals surface area contributed by atoms with Crippen LogP contribution in [-0.2, 0) is 7.05 Å². The second-order valence-corrected chi connectivity index (χ2v) is 5.09. The summed E-state index contributed by atoms with van der Waals surface area (Å²) in [7, 11) is 1.82. The molecule has 0 bridgehead atoms. The Kier molecular flexibility index (Phi) is 2.25. The number of halogens is 1. The molecule has 2 aromatic heterocycles. The number of carbonyl (C=O) groups is 1. The fraction of sp³-hybridized carbons (Fsp3) is 0.167. The Balaban J connectivity index is 2.60. The van der Waals surface area contributed by atoms with Crippen LogP contribution in [0.2, 0.25) is 0 Å². The van der Waals surface area contributed by atoms with Crippen LogP contribution >= 0.6 is 15.9 Å². The number of aromatic carboxylic acids is 1. The molecule has 3 rings (SSSR count). The van der Waals surface area contributed by atoms with E-state index in [1.54, 1.807) is 15.9 Å². The normalized spacial score (nSPS) is 11.5. The minimum Gasteiger partial charge on any atom is -0.477 e. The third kappa shape index (κ3) is 1.32. The van der Waals surface area contributed by atoms with Crippen LogP contribution in [0.1, 0.15) is 16.2 Å². The maximum atomic E-state index is 11.4.